The average molecular weight is 276 g/mol. The van der Waals surface area contributed by atoms with Crippen LogP contribution in [0.1, 0.15) is 26.3 Å². The summed E-state index contributed by atoms with van der Waals surface area (Å²) in [6, 6.07) is 6.41. The minimum Gasteiger partial charge on any atom is -0.480 e. The van der Waals surface area contributed by atoms with Crippen LogP contribution in [0, 0.1) is 5.41 Å². The lowest BCUT2D eigenvalue weighted by Gasteiger charge is -2.28. The first-order valence-corrected chi connectivity index (χ1v) is 6.66. The van der Waals surface area contributed by atoms with Crippen molar-refractivity contribution in [3.05, 3.63) is 29.8 Å². The monoisotopic (exact) mass is 276 g/mol. The molecule has 0 aromatic heterocycles. The van der Waals surface area contributed by atoms with Crippen LogP contribution in [0.5, 0.6) is 0 Å². The summed E-state index contributed by atoms with van der Waals surface area (Å²) in [6.07, 6.45) is 0.582. The van der Waals surface area contributed by atoms with Crippen LogP contribution in [-0.2, 0) is 16.0 Å². The zero-order valence-electron chi connectivity index (χ0n) is 11.9. The molecule has 1 unspecified atom stereocenters. The van der Waals surface area contributed by atoms with E-state index in [9.17, 15) is 14.7 Å². The highest BCUT2D eigenvalue weighted by atomic mass is 16.4. The molecule has 108 valence electrons. The number of anilines is 1. The number of fused-ring (bicyclic) bond motifs is 1. The lowest BCUT2D eigenvalue weighted by Crippen LogP contribution is -2.53. The predicted octanol–water partition coefficient (Wildman–Crippen LogP) is 1.64. The van der Waals surface area contributed by atoms with Gasteiger partial charge < -0.3 is 15.7 Å². The van der Waals surface area contributed by atoms with Crippen molar-refractivity contribution >= 4 is 17.6 Å². The predicted molar refractivity (Wildman–Crippen MR) is 76.6 cm³/mol. The number of hydrogen-bond donors (Lipinski definition) is 3. The van der Waals surface area contributed by atoms with Crippen LogP contribution < -0.4 is 10.6 Å². The number of para-hydroxylation sites is 1. The van der Waals surface area contributed by atoms with E-state index in [2.05, 4.69) is 10.6 Å². The molecule has 2 rings (SSSR count). The van der Waals surface area contributed by atoms with E-state index in [1.54, 1.807) is 20.8 Å². The number of nitrogens with one attached hydrogen (secondary N) is 2. The van der Waals surface area contributed by atoms with E-state index >= 15 is 0 Å². The van der Waals surface area contributed by atoms with Gasteiger partial charge in [0.25, 0.3) is 0 Å². The van der Waals surface area contributed by atoms with Gasteiger partial charge in [-0.2, -0.15) is 0 Å². The van der Waals surface area contributed by atoms with Gasteiger partial charge in [0.15, 0.2) is 0 Å². The van der Waals surface area contributed by atoms with E-state index in [4.69, 9.17) is 0 Å². The molecule has 1 aromatic rings. The second-order valence-electron chi connectivity index (χ2n) is 6.20. The molecule has 1 aromatic carbocycles. The maximum atomic E-state index is 12.2. The first kappa shape index (κ1) is 14.4. The van der Waals surface area contributed by atoms with Gasteiger partial charge in [0, 0.05) is 12.1 Å². The van der Waals surface area contributed by atoms with Gasteiger partial charge in [-0.1, -0.05) is 39.0 Å². The van der Waals surface area contributed by atoms with Crippen LogP contribution in [0.25, 0.3) is 0 Å². The van der Waals surface area contributed by atoms with Crippen molar-refractivity contribution in [3.63, 3.8) is 0 Å². The third-order valence-electron chi connectivity index (χ3n) is 3.49. The van der Waals surface area contributed by atoms with E-state index in [-0.39, 0.29) is 5.91 Å². The molecule has 3 N–H and O–H groups in total. The normalized spacial score (nSPS) is 18.9. The fourth-order valence-corrected chi connectivity index (χ4v) is 2.35. The minimum absolute atomic E-state index is 0.275. The van der Waals surface area contributed by atoms with Gasteiger partial charge in [0.05, 0.1) is 0 Å². The Balaban J connectivity index is 2.05. The summed E-state index contributed by atoms with van der Waals surface area (Å²) in [5.41, 5.74) is 1.48. The first-order valence-electron chi connectivity index (χ1n) is 6.66. The highest BCUT2D eigenvalue weighted by Crippen LogP contribution is 2.26. The molecular formula is C15H20N2O3. The van der Waals surface area contributed by atoms with Gasteiger partial charge in [0.2, 0.25) is 5.91 Å². The Morgan fingerprint density at radius 2 is 2.00 bits per heavy atom. The van der Waals surface area contributed by atoms with Gasteiger partial charge in [-0.05, 0) is 17.0 Å². The van der Waals surface area contributed by atoms with Gasteiger partial charge in [-0.25, -0.2) is 4.79 Å². The molecule has 5 nitrogen and oxygen atoms in total. The van der Waals surface area contributed by atoms with Crippen LogP contribution in [0.15, 0.2) is 24.3 Å². The molecule has 0 saturated carbocycles. The van der Waals surface area contributed by atoms with Crippen molar-refractivity contribution in [2.75, 3.05) is 5.32 Å². The molecular weight excluding hydrogens is 256 g/mol. The summed E-state index contributed by atoms with van der Waals surface area (Å²) in [6.45, 7) is 5.38. The largest absolute Gasteiger partial charge is 0.480 e. The van der Waals surface area contributed by atoms with Crippen molar-refractivity contribution in [3.8, 4) is 0 Å². The number of hydrogen-bond acceptors (Lipinski definition) is 3. The van der Waals surface area contributed by atoms with Gasteiger partial charge in [-0.15, -0.1) is 0 Å². The van der Waals surface area contributed by atoms with Crippen LogP contribution in [0.4, 0.5) is 5.69 Å². The average Bonchev–Trinajstić information content (AvgIpc) is 2.77. The molecule has 1 heterocycles. The molecule has 0 aliphatic carbocycles. The summed E-state index contributed by atoms with van der Waals surface area (Å²) in [4.78, 5) is 23.5. The Bertz CT molecular complexity index is 509. The molecule has 0 spiro atoms. The van der Waals surface area contributed by atoms with Crippen LogP contribution in [-0.4, -0.2) is 29.1 Å². The minimum atomic E-state index is -1.01. The Morgan fingerprint density at radius 3 is 2.55 bits per heavy atom. The summed E-state index contributed by atoms with van der Waals surface area (Å²) >= 11 is 0. The van der Waals surface area contributed by atoms with Crippen LogP contribution in [0.2, 0.25) is 0 Å². The summed E-state index contributed by atoms with van der Waals surface area (Å²) in [5, 5.41) is 15.0. The SMILES string of the molecule is CC(C)(C)[C@@H](NC(=O)C1Cc2ccccc2N1)C(=O)O. The number of carboxylic acid groups (broad SMARTS) is 1. The molecule has 5 heteroatoms. The number of carbonyl (C=O) groups is 2. The van der Waals surface area contributed by atoms with Gasteiger partial charge in [-0.3, -0.25) is 4.79 Å². The van der Waals surface area contributed by atoms with E-state index in [1.165, 1.54) is 0 Å². The maximum Gasteiger partial charge on any atom is 0.326 e. The van der Waals surface area contributed by atoms with E-state index < -0.39 is 23.5 Å². The first-order chi connectivity index (χ1) is 9.29. The highest BCUT2D eigenvalue weighted by molar-refractivity contribution is 5.91. The maximum absolute atomic E-state index is 12.2. The van der Waals surface area contributed by atoms with Crippen molar-refractivity contribution in [1.29, 1.82) is 0 Å². The molecule has 0 fully saturated rings. The lowest BCUT2D eigenvalue weighted by molar-refractivity contribution is -0.145. The number of rotatable bonds is 3. The lowest BCUT2D eigenvalue weighted by atomic mass is 9.86. The third kappa shape index (κ3) is 2.92. The zero-order valence-corrected chi connectivity index (χ0v) is 11.9. The number of aliphatic carboxylic acids is 1. The third-order valence-corrected chi connectivity index (χ3v) is 3.49. The highest BCUT2D eigenvalue weighted by Gasteiger charge is 2.35. The molecule has 1 aliphatic rings. The fraction of sp³-hybridized carbons (Fsp3) is 0.467. The Morgan fingerprint density at radius 1 is 1.35 bits per heavy atom. The molecule has 1 amide bonds. The quantitative estimate of drug-likeness (QED) is 0.784. The molecule has 0 radical (unpaired) electrons. The second kappa shape index (κ2) is 5.15. The van der Waals surface area contributed by atoms with Gasteiger partial charge in [0.1, 0.15) is 12.1 Å². The molecule has 0 saturated heterocycles. The van der Waals surface area contributed by atoms with E-state index in [0.29, 0.717) is 6.42 Å². The summed E-state index contributed by atoms with van der Waals surface area (Å²) in [5.74, 6) is -1.29. The summed E-state index contributed by atoms with van der Waals surface area (Å²) in [7, 11) is 0. The topological polar surface area (TPSA) is 78.4 Å². The van der Waals surface area contributed by atoms with Crippen molar-refractivity contribution in [1.82, 2.24) is 5.32 Å². The Labute approximate surface area is 118 Å². The standard InChI is InChI=1S/C15H20N2O3/c1-15(2,3)12(14(19)20)17-13(18)11-8-9-6-4-5-7-10(9)16-11/h4-7,11-12,16H,8H2,1-3H3,(H,17,18)(H,19,20)/t11?,12-/m0/s1. The van der Waals surface area contributed by atoms with Crippen molar-refractivity contribution in [2.24, 2.45) is 5.41 Å². The number of carbonyl (C=O) groups excluding carboxylic acids is 1. The van der Waals surface area contributed by atoms with Gasteiger partial charge >= 0.3 is 5.97 Å². The Hall–Kier alpha value is -2.04. The smallest absolute Gasteiger partial charge is 0.326 e. The van der Waals surface area contributed by atoms with Crippen molar-refractivity contribution < 1.29 is 14.7 Å². The fourth-order valence-electron chi connectivity index (χ4n) is 2.35. The van der Waals surface area contributed by atoms with Crippen molar-refractivity contribution in [2.45, 2.75) is 39.3 Å². The molecule has 0 bridgehead atoms. The molecule has 2 atom stereocenters. The zero-order chi connectivity index (χ0) is 14.9. The second-order valence-corrected chi connectivity index (χ2v) is 6.20. The van der Waals surface area contributed by atoms with Crippen LogP contribution >= 0.6 is 0 Å². The summed E-state index contributed by atoms with van der Waals surface area (Å²) < 4.78 is 0. The van der Waals surface area contributed by atoms with Crippen LogP contribution in [0.3, 0.4) is 0 Å². The number of amides is 1. The molecule has 20 heavy (non-hydrogen) atoms. The van der Waals surface area contributed by atoms with E-state index in [1.807, 2.05) is 24.3 Å². The number of carboxylic acids is 1. The van der Waals surface area contributed by atoms with E-state index in [0.717, 1.165) is 11.3 Å². The number of benzene rings is 1. The molecule has 1 aliphatic heterocycles. The Kier molecular flexibility index (Phi) is 3.70.